The van der Waals surface area contributed by atoms with Gasteiger partial charge in [0.15, 0.2) is 0 Å². The van der Waals surface area contributed by atoms with Crippen LogP contribution in [-0.4, -0.2) is 53.4 Å². The SMILES string of the molecule is Cc1cccc(NC(=O)c2ccnc(N3CCN(C=O)CC3)n2)c1C. The maximum absolute atomic E-state index is 12.5. The van der Waals surface area contributed by atoms with E-state index in [1.54, 1.807) is 17.2 Å². The van der Waals surface area contributed by atoms with Crippen LogP contribution in [0.5, 0.6) is 0 Å². The number of piperazine rings is 1. The van der Waals surface area contributed by atoms with Gasteiger partial charge < -0.3 is 15.1 Å². The van der Waals surface area contributed by atoms with Crippen molar-refractivity contribution in [2.75, 3.05) is 36.4 Å². The first kappa shape index (κ1) is 16.9. The van der Waals surface area contributed by atoms with Crippen molar-refractivity contribution in [3.63, 3.8) is 0 Å². The van der Waals surface area contributed by atoms with E-state index in [1.165, 1.54) is 0 Å². The fraction of sp³-hybridized carbons (Fsp3) is 0.333. The summed E-state index contributed by atoms with van der Waals surface area (Å²) in [6, 6.07) is 7.40. The van der Waals surface area contributed by atoms with Crippen LogP contribution in [0.15, 0.2) is 30.5 Å². The third-order valence-electron chi connectivity index (χ3n) is 4.47. The summed E-state index contributed by atoms with van der Waals surface area (Å²) in [5, 5.41) is 2.91. The second-order valence-corrected chi connectivity index (χ2v) is 6.07. The van der Waals surface area contributed by atoms with Crippen molar-refractivity contribution in [3.8, 4) is 0 Å². The zero-order valence-corrected chi connectivity index (χ0v) is 14.4. The summed E-state index contributed by atoms with van der Waals surface area (Å²) in [7, 11) is 0. The minimum Gasteiger partial charge on any atom is -0.342 e. The molecule has 1 aromatic heterocycles. The Morgan fingerprint density at radius 1 is 1.16 bits per heavy atom. The summed E-state index contributed by atoms with van der Waals surface area (Å²) in [4.78, 5) is 35.7. The predicted molar refractivity (Wildman–Crippen MR) is 95.8 cm³/mol. The van der Waals surface area contributed by atoms with Crippen molar-refractivity contribution in [1.29, 1.82) is 0 Å². The Morgan fingerprint density at radius 2 is 1.92 bits per heavy atom. The van der Waals surface area contributed by atoms with Gasteiger partial charge in [0.05, 0.1) is 0 Å². The Bertz CT molecular complexity index is 785. The van der Waals surface area contributed by atoms with Gasteiger partial charge in [-0.25, -0.2) is 9.97 Å². The van der Waals surface area contributed by atoms with E-state index < -0.39 is 0 Å². The monoisotopic (exact) mass is 339 g/mol. The van der Waals surface area contributed by atoms with E-state index in [4.69, 9.17) is 0 Å². The van der Waals surface area contributed by atoms with E-state index in [0.717, 1.165) is 23.2 Å². The molecule has 0 saturated carbocycles. The summed E-state index contributed by atoms with van der Waals surface area (Å²) >= 11 is 0. The fourth-order valence-electron chi connectivity index (χ4n) is 2.73. The van der Waals surface area contributed by atoms with Gasteiger partial charge in [-0.1, -0.05) is 12.1 Å². The molecule has 1 N–H and O–H groups in total. The Balaban J connectivity index is 1.74. The van der Waals surface area contributed by atoms with Crippen molar-refractivity contribution in [1.82, 2.24) is 14.9 Å². The molecule has 3 rings (SSSR count). The molecule has 0 bridgehead atoms. The normalized spacial score (nSPS) is 14.3. The highest BCUT2D eigenvalue weighted by molar-refractivity contribution is 6.03. The van der Waals surface area contributed by atoms with Crippen molar-refractivity contribution in [2.24, 2.45) is 0 Å². The highest BCUT2D eigenvalue weighted by Crippen LogP contribution is 2.19. The van der Waals surface area contributed by atoms with Crippen LogP contribution in [0, 0.1) is 13.8 Å². The molecule has 0 spiro atoms. The average Bonchev–Trinajstić information content (AvgIpc) is 2.65. The van der Waals surface area contributed by atoms with E-state index in [0.29, 0.717) is 37.8 Å². The van der Waals surface area contributed by atoms with Gasteiger partial charge in [0.2, 0.25) is 12.4 Å². The lowest BCUT2D eigenvalue weighted by Crippen LogP contribution is -2.46. The van der Waals surface area contributed by atoms with Gasteiger partial charge in [-0.3, -0.25) is 9.59 Å². The molecular weight excluding hydrogens is 318 g/mol. The lowest BCUT2D eigenvalue weighted by molar-refractivity contribution is -0.118. The number of nitrogens with zero attached hydrogens (tertiary/aromatic N) is 4. The zero-order valence-electron chi connectivity index (χ0n) is 14.4. The van der Waals surface area contributed by atoms with Gasteiger partial charge >= 0.3 is 0 Å². The molecule has 1 saturated heterocycles. The number of carbonyl (C=O) groups excluding carboxylic acids is 2. The largest absolute Gasteiger partial charge is 0.342 e. The number of aromatic nitrogens is 2. The van der Waals surface area contributed by atoms with E-state index in [9.17, 15) is 9.59 Å². The predicted octanol–water partition coefficient (Wildman–Crippen LogP) is 1.62. The van der Waals surface area contributed by atoms with Crippen LogP contribution in [0.25, 0.3) is 0 Å². The molecule has 0 radical (unpaired) electrons. The Morgan fingerprint density at radius 3 is 2.64 bits per heavy atom. The molecule has 0 atom stereocenters. The van der Waals surface area contributed by atoms with E-state index in [1.807, 2.05) is 36.9 Å². The van der Waals surface area contributed by atoms with Gasteiger partial charge in [-0.15, -0.1) is 0 Å². The summed E-state index contributed by atoms with van der Waals surface area (Å²) in [5.74, 6) is 0.253. The minimum absolute atomic E-state index is 0.260. The number of hydrogen-bond donors (Lipinski definition) is 1. The molecule has 2 heterocycles. The molecule has 7 heteroatoms. The van der Waals surface area contributed by atoms with Crippen LogP contribution < -0.4 is 10.2 Å². The highest BCUT2D eigenvalue weighted by Gasteiger charge is 2.19. The fourth-order valence-corrected chi connectivity index (χ4v) is 2.73. The van der Waals surface area contributed by atoms with Gasteiger partial charge in [0.1, 0.15) is 5.69 Å². The summed E-state index contributed by atoms with van der Waals surface area (Å²) in [6.45, 7) is 6.55. The van der Waals surface area contributed by atoms with E-state index in [2.05, 4.69) is 15.3 Å². The smallest absolute Gasteiger partial charge is 0.274 e. The van der Waals surface area contributed by atoms with Gasteiger partial charge in [-0.2, -0.15) is 0 Å². The third-order valence-corrected chi connectivity index (χ3v) is 4.47. The maximum atomic E-state index is 12.5. The molecule has 7 nitrogen and oxygen atoms in total. The van der Waals surface area contributed by atoms with Crippen molar-refractivity contribution < 1.29 is 9.59 Å². The Kier molecular flexibility index (Phi) is 4.92. The second-order valence-electron chi connectivity index (χ2n) is 6.07. The molecule has 130 valence electrons. The first-order valence-electron chi connectivity index (χ1n) is 8.23. The number of aryl methyl sites for hydroxylation is 1. The molecule has 1 aliphatic rings. The quantitative estimate of drug-likeness (QED) is 0.857. The van der Waals surface area contributed by atoms with Crippen molar-refractivity contribution in [2.45, 2.75) is 13.8 Å². The highest BCUT2D eigenvalue weighted by atomic mass is 16.2. The molecule has 0 unspecified atom stereocenters. The molecule has 0 aliphatic carbocycles. The number of carbonyl (C=O) groups is 2. The van der Waals surface area contributed by atoms with Gasteiger partial charge in [0, 0.05) is 38.1 Å². The molecule has 1 aliphatic heterocycles. The topological polar surface area (TPSA) is 78.4 Å². The number of hydrogen-bond acceptors (Lipinski definition) is 5. The van der Waals surface area contributed by atoms with Crippen LogP contribution in [0.2, 0.25) is 0 Å². The number of rotatable bonds is 4. The van der Waals surface area contributed by atoms with E-state index >= 15 is 0 Å². The molecular formula is C18H21N5O2. The lowest BCUT2D eigenvalue weighted by Gasteiger charge is -2.32. The maximum Gasteiger partial charge on any atom is 0.274 e. The Hall–Kier alpha value is -2.96. The molecule has 2 amide bonds. The molecule has 2 aromatic rings. The van der Waals surface area contributed by atoms with Gasteiger partial charge in [0.25, 0.3) is 5.91 Å². The average molecular weight is 339 g/mol. The molecule has 1 aromatic carbocycles. The number of anilines is 2. The van der Waals surface area contributed by atoms with Crippen molar-refractivity contribution in [3.05, 3.63) is 47.3 Å². The molecule has 1 fully saturated rings. The number of amides is 2. The van der Waals surface area contributed by atoms with Gasteiger partial charge in [-0.05, 0) is 37.1 Å². The minimum atomic E-state index is -0.260. The summed E-state index contributed by atoms with van der Waals surface area (Å²) in [5.41, 5.74) is 3.26. The number of benzene rings is 1. The number of nitrogens with one attached hydrogen (secondary N) is 1. The van der Waals surface area contributed by atoms with Crippen molar-refractivity contribution >= 4 is 24.0 Å². The first-order chi connectivity index (χ1) is 12.1. The Labute approximate surface area is 146 Å². The van der Waals surface area contributed by atoms with E-state index in [-0.39, 0.29) is 5.91 Å². The summed E-state index contributed by atoms with van der Waals surface area (Å²) in [6.07, 6.45) is 2.44. The standard InChI is InChI=1S/C18H21N5O2/c1-13-4-3-5-15(14(13)2)20-17(25)16-6-7-19-18(21-16)23-10-8-22(12-24)9-11-23/h3-7,12H,8-11H2,1-2H3,(H,20,25). The van der Waals surface area contributed by atoms with Crippen LogP contribution >= 0.6 is 0 Å². The van der Waals surface area contributed by atoms with Crippen LogP contribution in [-0.2, 0) is 4.79 Å². The zero-order chi connectivity index (χ0) is 17.8. The van der Waals surface area contributed by atoms with Crippen LogP contribution in [0.3, 0.4) is 0 Å². The lowest BCUT2D eigenvalue weighted by atomic mass is 10.1. The van der Waals surface area contributed by atoms with Crippen LogP contribution in [0.4, 0.5) is 11.6 Å². The third kappa shape index (κ3) is 3.76. The second kappa shape index (κ2) is 7.29. The first-order valence-corrected chi connectivity index (χ1v) is 8.23. The molecule has 25 heavy (non-hydrogen) atoms. The van der Waals surface area contributed by atoms with Crippen LogP contribution in [0.1, 0.15) is 21.6 Å². The summed E-state index contributed by atoms with van der Waals surface area (Å²) < 4.78 is 0.